The van der Waals surface area contributed by atoms with Gasteiger partial charge in [-0.2, -0.15) is 0 Å². The molecular formula is C28H48O2. The molecule has 0 aromatic carbocycles. The Kier molecular flexibility index (Phi) is 21.0. The Morgan fingerprint density at radius 3 is 2.10 bits per heavy atom. The second-order valence-electron chi connectivity index (χ2n) is 8.66. The molecule has 0 aromatic heterocycles. The van der Waals surface area contributed by atoms with E-state index in [0.29, 0.717) is 18.9 Å². The van der Waals surface area contributed by atoms with Crippen LogP contribution in [0.2, 0.25) is 0 Å². The highest BCUT2D eigenvalue weighted by atomic mass is 16.5. The van der Waals surface area contributed by atoms with Gasteiger partial charge in [0.05, 0.1) is 6.61 Å². The third-order valence-electron chi connectivity index (χ3n) is 5.17. The molecular weight excluding hydrogens is 368 g/mol. The van der Waals surface area contributed by atoms with E-state index in [4.69, 9.17) is 4.74 Å². The summed E-state index contributed by atoms with van der Waals surface area (Å²) in [5.41, 5.74) is 1.38. The first-order valence-electron chi connectivity index (χ1n) is 12.3. The minimum atomic E-state index is -0.0232. The molecule has 0 aliphatic rings. The first kappa shape index (κ1) is 28.4. The van der Waals surface area contributed by atoms with Crippen molar-refractivity contribution in [3.05, 3.63) is 48.1 Å². The number of hydrogen-bond acceptors (Lipinski definition) is 2. The van der Waals surface area contributed by atoms with Gasteiger partial charge in [-0.05, 0) is 64.7 Å². The van der Waals surface area contributed by atoms with E-state index in [0.717, 1.165) is 32.1 Å². The van der Waals surface area contributed by atoms with Crippen molar-refractivity contribution < 1.29 is 9.53 Å². The van der Waals surface area contributed by atoms with Crippen molar-refractivity contribution in [3.8, 4) is 0 Å². The van der Waals surface area contributed by atoms with Crippen LogP contribution in [-0.2, 0) is 9.53 Å². The van der Waals surface area contributed by atoms with E-state index in [2.05, 4.69) is 70.2 Å². The predicted octanol–water partition coefficient (Wildman–Crippen LogP) is 8.89. The van der Waals surface area contributed by atoms with Gasteiger partial charge in [-0.1, -0.05) is 94.1 Å². The maximum absolute atomic E-state index is 11.8. The maximum atomic E-state index is 11.8. The lowest BCUT2D eigenvalue weighted by atomic mass is 10.0. The van der Waals surface area contributed by atoms with Gasteiger partial charge in [-0.25, -0.2) is 0 Å². The van der Waals surface area contributed by atoms with Gasteiger partial charge in [-0.15, -0.1) is 0 Å². The van der Waals surface area contributed by atoms with Crippen LogP contribution in [0.5, 0.6) is 0 Å². The molecule has 0 fully saturated rings. The van der Waals surface area contributed by atoms with Crippen molar-refractivity contribution >= 4 is 5.97 Å². The molecule has 0 bridgehead atoms. The largest absolute Gasteiger partial charge is 0.466 e. The molecule has 0 radical (unpaired) electrons. The highest BCUT2D eigenvalue weighted by molar-refractivity contribution is 5.69. The third kappa shape index (κ3) is 22.7. The lowest BCUT2D eigenvalue weighted by Gasteiger charge is -2.10. The molecule has 1 atom stereocenters. The average Bonchev–Trinajstić information content (AvgIpc) is 2.70. The first-order valence-corrected chi connectivity index (χ1v) is 12.3. The van der Waals surface area contributed by atoms with Gasteiger partial charge < -0.3 is 4.74 Å². The number of rotatable bonds is 19. The summed E-state index contributed by atoms with van der Waals surface area (Å²) in [7, 11) is 0. The molecule has 1 unspecified atom stereocenters. The minimum absolute atomic E-state index is 0.0232. The van der Waals surface area contributed by atoms with Crippen LogP contribution in [-0.4, -0.2) is 12.6 Å². The number of hydrogen-bond donors (Lipinski definition) is 0. The standard InChI is InChI=1S/C28H48O2/c1-5-6-7-8-9-10-11-12-13-14-15-16-17-18-19-23-28(29)30-25-24-27(4)22-20-21-26(2)3/h8-13,21,27H,5-7,14-20,22-25H2,1-4H3. The van der Waals surface area contributed by atoms with Crippen LogP contribution >= 0.6 is 0 Å². The molecule has 0 amide bonds. The van der Waals surface area contributed by atoms with Crippen molar-refractivity contribution in [3.63, 3.8) is 0 Å². The Hall–Kier alpha value is -1.57. The Morgan fingerprint density at radius 2 is 1.43 bits per heavy atom. The second-order valence-corrected chi connectivity index (χ2v) is 8.66. The van der Waals surface area contributed by atoms with E-state index in [-0.39, 0.29) is 5.97 Å². The fourth-order valence-corrected chi connectivity index (χ4v) is 3.11. The molecule has 0 aliphatic carbocycles. The number of carbonyl (C=O) groups excluding carboxylic acids is 1. The van der Waals surface area contributed by atoms with Crippen molar-refractivity contribution in [2.24, 2.45) is 5.92 Å². The molecule has 0 saturated heterocycles. The minimum Gasteiger partial charge on any atom is -0.466 e. The number of carbonyl (C=O) groups is 1. The molecule has 0 aromatic rings. The van der Waals surface area contributed by atoms with Crippen LogP contribution in [0, 0.1) is 5.92 Å². The van der Waals surface area contributed by atoms with Crippen LogP contribution in [0.25, 0.3) is 0 Å². The van der Waals surface area contributed by atoms with Crippen molar-refractivity contribution in [2.75, 3.05) is 6.61 Å². The van der Waals surface area contributed by atoms with Crippen LogP contribution in [0.15, 0.2) is 48.1 Å². The van der Waals surface area contributed by atoms with E-state index < -0.39 is 0 Å². The molecule has 2 nitrogen and oxygen atoms in total. The van der Waals surface area contributed by atoms with E-state index in [9.17, 15) is 4.79 Å². The zero-order valence-corrected chi connectivity index (χ0v) is 20.3. The molecule has 0 N–H and O–H groups in total. The highest BCUT2D eigenvalue weighted by Crippen LogP contribution is 2.13. The van der Waals surface area contributed by atoms with E-state index in [1.807, 2.05) is 0 Å². The van der Waals surface area contributed by atoms with Gasteiger partial charge in [0.2, 0.25) is 0 Å². The molecule has 2 heteroatoms. The average molecular weight is 417 g/mol. The smallest absolute Gasteiger partial charge is 0.305 e. The lowest BCUT2D eigenvalue weighted by molar-refractivity contribution is -0.144. The summed E-state index contributed by atoms with van der Waals surface area (Å²) in [5, 5.41) is 0. The maximum Gasteiger partial charge on any atom is 0.305 e. The Labute approximate surface area is 187 Å². The molecule has 172 valence electrons. The van der Waals surface area contributed by atoms with Crippen LogP contribution in [0.1, 0.15) is 111 Å². The molecule has 0 spiro atoms. The molecule has 30 heavy (non-hydrogen) atoms. The first-order chi connectivity index (χ1) is 14.6. The molecule has 0 rings (SSSR count). The summed E-state index contributed by atoms with van der Waals surface area (Å²) in [5.74, 6) is 0.588. The van der Waals surface area contributed by atoms with Crippen molar-refractivity contribution in [2.45, 2.75) is 111 Å². The normalized spacial score (nSPS) is 12.8. The summed E-state index contributed by atoms with van der Waals surface area (Å²) in [6, 6.07) is 0. The fourth-order valence-electron chi connectivity index (χ4n) is 3.11. The summed E-state index contributed by atoms with van der Waals surface area (Å²) in [6.45, 7) is 9.31. The number of allylic oxidation sites excluding steroid dienone is 8. The lowest BCUT2D eigenvalue weighted by Crippen LogP contribution is -2.08. The van der Waals surface area contributed by atoms with Gasteiger partial charge in [0, 0.05) is 6.42 Å². The monoisotopic (exact) mass is 416 g/mol. The van der Waals surface area contributed by atoms with Gasteiger partial charge >= 0.3 is 5.97 Å². The zero-order valence-electron chi connectivity index (χ0n) is 20.3. The Bertz CT molecular complexity index is 507. The van der Waals surface area contributed by atoms with Crippen LogP contribution in [0.4, 0.5) is 0 Å². The van der Waals surface area contributed by atoms with Crippen LogP contribution < -0.4 is 0 Å². The number of ether oxygens (including phenoxy) is 1. The number of esters is 1. The van der Waals surface area contributed by atoms with E-state index in [1.165, 1.54) is 50.5 Å². The number of unbranched alkanes of at least 4 members (excludes halogenated alkanes) is 7. The summed E-state index contributed by atoms with van der Waals surface area (Å²) in [6.07, 6.45) is 29.7. The molecule has 0 aliphatic heterocycles. The van der Waals surface area contributed by atoms with Gasteiger partial charge in [0.1, 0.15) is 0 Å². The fraction of sp³-hybridized carbons (Fsp3) is 0.679. The second kappa shape index (κ2) is 22.1. The Morgan fingerprint density at radius 1 is 0.800 bits per heavy atom. The van der Waals surface area contributed by atoms with Gasteiger partial charge in [0.25, 0.3) is 0 Å². The van der Waals surface area contributed by atoms with E-state index >= 15 is 0 Å². The molecule has 0 heterocycles. The van der Waals surface area contributed by atoms with Crippen molar-refractivity contribution in [1.82, 2.24) is 0 Å². The van der Waals surface area contributed by atoms with E-state index in [1.54, 1.807) is 0 Å². The Balaban J connectivity index is 3.46. The topological polar surface area (TPSA) is 26.3 Å². The van der Waals surface area contributed by atoms with Gasteiger partial charge in [0.15, 0.2) is 0 Å². The van der Waals surface area contributed by atoms with Crippen molar-refractivity contribution in [1.29, 1.82) is 0 Å². The van der Waals surface area contributed by atoms with Crippen LogP contribution in [0.3, 0.4) is 0 Å². The summed E-state index contributed by atoms with van der Waals surface area (Å²) >= 11 is 0. The quantitative estimate of drug-likeness (QED) is 0.0909. The summed E-state index contributed by atoms with van der Waals surface area (Å²) < 4.78 is 5.38. The predicted molar refractivity (Wildman–Crippen MR) is 133 cm³/mol. The highest BCUT2D eigenvalue weighted by Gasteiger charge is 2.05. The SMILES string of the molecule is CCCCC=CC=CC=CCCCCCCCC(=O)OCCC(C)CCC=C(C)C. The van der Waals surface area contributed by atoms with Gasteiger partial charge in [-0.3, -0.25) is 4.79 Å². The molecule has 0 saturated carbocycles. The summed E-state index contributed by atoms with van der Waals surface area (Å²) in [4.78, 5) is 11.8. The zero-order chi connectivity index (χ0) is 22.3. The third-order valence-corrected chi connectivity index (χ3v) is 5.17.